The quantitative estimate of drug-likeness (QED) is 0.942. The molecule has 0 aliphatic carbocycles. The Labute approximate surface area is 131 Å². The predicted molar refractivity (Wildman–Crippen MR) is 86.1 cm³/mol. The first kappa shape index (κ1) is 14.7. The molecular weight excluding hydrogens is 278 g/mol. The van der Waals surface area contributed by atoms with Gasteiger partial charge in [-0.2, -0.15) is 0 Å². The highest BCUT2D eigenvalue weighted by atomic mass is 16.5. The highest BCUT2D eigenvalue weighted by Crippen LogP contribution is 2.37. The third kappa shape index (κ3) is 2.62. The molecule has 1 atom stereocenters. The Morgan fingerprint density at radius 2 is 1.73 bits per heavy atom. The Balaban J connectivity index is 2.06. The molecule has 0 amide bonds. The topological polar surface area (TPSA) is 39.7 Å². The fraction of sp³-hybridized carbons (Fsp3) is 0.333. The van der Waals surface area contributed by atoms with Crippen LogP contribution in [0.25, 0.3) is 0 Å². The van der Waals surface area contributed by atoms with Crippen molar-refractivity contribution in [2.24, 2.45) is 0 Å². The molecule has 2 aromatic carbocycles. The molecule has 0 saturated heterocycles. The number of benzene rings is 2. The number of fused-ring (bicyclic) bond motifs is 1. The molecule has 0 bridgehead atoms. The lowest BCUT2D eigenvalue weighted by molar-refractivity contribution is 0.353. The Kier molecular flexibility index (Phi) is 4.20. The molecule has 0 radical (unpaired) electrons. The number of hydrogen-bond donors (Lipinski definition) is 1. The van der Waals surface area contributed by atoms with Crippen LogP contribution in [0.4, 0.5) is 0 Å². The fourth-order valence-corrected chi connectivity index (χ4v) is 3.00. The summed E-state index contributed by atoms with van der Waals surface area (Å²) in [7, 11) is 5.03. The van der Waals surface area contributed by atoms with Crippen LogP contribution in [0, 0.1) is 0 Å². The summed E-state index contributed by atoms with van der Waals surface area (Å²) < 4.78 is 16.2. The molecule has 0 aromatic heterocycles. The van der Waals surface area contributed by atoms with Crippen molar-refractivity contribution in [1.29, 1.82) is 0 Å². The van der Waals surface area contributed by atoms with Crippen LogP contribution in [-0.2, 0) is 6.42 Å². The van der Waals surface area contributed by atoms with E-state index in [0.717, 1.165) is 30.2 Å². The van der Waals surface area contributed by atoms with Gasteiger partial charge in [-0.15, -0.1) is 0 Å². The molecule has 0 unspecified atom stereocenters. The Morgan fingerprint density at radius 1 is 0.955 bits per heavy atom. The summed E-state index contributed by atoms with van der Waals surface area (Å²) in [5.41, 5.74) is 3.72. The molecule has 0 saturated carbocycles. The maximum Gasteiger partial charge on any atom is 0.161 e. The maximum atomic E-state index is 5.45. The van der Waals surface area contributed by atoms with E-state index < -0.39 is 0 Å². The van der Waals surface area contributed by atoms with E-state index >= 15 is 0 Å². The van der Waals surface area contributed by atoms with Crippen LogP contribution < -0.4 is 19.5 Å². The monoisotopic (exact) mass is 299 g/mol. The molecule has 1 aliphatic heterocycles. The van der Waals surface area contributed by atoms with Gasteiger partial charge in [-0.25, -0.2) is 0 Å². The van der Waals surface area contributed by atoms with E-state index in [1.807, 2.05) is 12.1 Å². The van der Waals surface area contributed by atoms with Crippen molar-refractivity contribution in [2.75, 3.05) is 27.9 Å². The summed E-state index contributed by atoms with van der Waals surface area (Å²) >= 11 is 0. The van der Waals surface area contributed by atoms with E-state index in [-0.39, 0.29) is 6.04 Å². The van der Waals surface area contributed by atoms with Crippen LogP contribution in [0.1, 0.15) is 22.7 Å². The number of ether oxygens (including phenoxy) is 3. The first-order valence-electron chi connectivity index (χ1n) is 7.39. The van der Waals surface area contributed by atoms with Gasteiger partial charge in [-0.3, -0.25) is 0 Å². The molecule has 2 aromatic rings. The smallest absolute Gasteiger partial charge is 0.161 e. The molecule has 1 aliphatic rings. The summed E-state index contributed by atoms with van der Waals surface area (Å²) in [6, 6.07) is 12.5. The molecule has 1 heterocycles. The number of hydrogen-bond acceptors (Lipinski definition) is 4. The summed E-state index contributed by atoms with van der Waals surface area (Å²) in [5.74, 6) is 2.41. The van der Waals surface area contributed by atoms with Gasteiger partial charge in [0.05, 0.1) is 27.4 Å². The van der Waals surface area contributed by atoms with Gasteiger partial charge >= 0.3 is 0 Å². The minimum atomic E-state index is 0.138. The molecule has 3 rings (SSSR count). The van der Waals surface area contributed by atoms with Crippen LogP contribution >= 0.6 is 0 Å². The summed E-state index contributed by atoms with van der Waals surface area (Å²) in [5, 5.41) is 3.58. The van der Waals surface area contributed by atoms with E-state index in [4.69, 9.17) is 14.2 Å². The Bertz CT molecular complexity index is 669. The molecule has 0 fully saturated rings. The van der Waals surface area contributed by atoms with Crippen molar-refractivity contribution in [3.05, 3.63) is 53.1 Å². The minimum Gasteiger partial charge on any atom is -0.497 e. The largest absolute Gasteiger partial charge is 0.497 e. The second-order valence-corrected chi connectivity index (χ2v) is 5.32. The lowest BCUT2D eigenvalue weighted by atomic mass is 9.89. The lowest BCUT2D eigenvalue weighted by Gasteiger charge is -2.28. The SMILES string of the molecule is COc1cccc([C@H]2NCCc3cc(OC)c(OC)cc32)c1. The molecule has 116 valence electrons. The van der Waals surface area contributed by atoms with Crippen molar-refractivity contribution in [2.45, 2.75) is 12.5 Å². The molecule has 4 heteroatoms. The van der Waals surface area contributed by atoms with Crippen molar-refractivity contribution >= 4 is 0 Å². The van der Waals surface area contributed by atoms with Gasteiger partial charge in [0.25, 0.3) is 0 Å². The summed E-state index contributed by atoms with van der Waals surface area (Å²) in [4.78, 5) is 0. The minimum absolute atomic E-state index is 0.138. The Hall–Kier alpha value is -2.20. The van der Waals surface area contributed by atoms with Crippen molar-refractivity contribution in [3.63, 3.8) is 0 Å². The van der Waals surface area contributed by atoms with E-state index in [0.29, 0.717) is 0 Å². The molecular formula is C18H21NO3. The first-order valence-corrected chi connectivity index (χ1v) is 7.39. The number of rotatable bonds is 4. The van der Waals surface area contributed by atoms with Crippen LogP contribution in [0.15, 0.2) is 36.4 Å². The average molecular weight is 299 g/mol. The van der Waals surface area contributed by atoms with Crippen LogP contribution in [0.5, 0.6) is 17.2 Å². The van der Waals surface area contributed by atoms with Crippen molar-refractivity contribution in [1.82, 2.24) is 5.32 Å². The van der Waals surface area contributed by atoms with Gasteiger partial charge in [0, 0.05) is 6.54 Å². The van der Waals surface area contributed by atoms with Gasteiger partial charge in [-0.1, -0.05) is 12.1 Å². The molecule has 4 nitrogen and oxygen atoms in total. The molecule has 22 heavy (non-hydrogen) atoms. The van der Waals surface area contributed by atoms with Gasteiger partial charge in [-0.05, 0) is 47.4 Å². The van der Waals surface area contributed by atoms with Gasteiger partial charge in [0.15, 0.2) is 11.5 Å². The predicted octanol–water partition coefficient (Wildman–Crippen LogP) is 2.95. The first-order chi connectivity index (χ1) is 10.8. The van der Waals surface area contributed by atoms with Crippen LogP contribution in [0.2, 0.25) is 0 Å². The van der Waals surface area contributed by atoms with Gasteiger partial charge in [0.1, 0.15) is 5.75 Å². The third-order valence-electron chi connectivity index (χ3n) is 4.13. The third-order valence-corrected chi connectivity index (χ3v) is 4.13. The summed E-state index contributed by atoms with van der Waals surface area (Å²) in [6.07, 6.45) is 0.982. The van der Waals surface area contributed by atoms with Crippen LogP contribution in [0.3, 0.4) is 0 Å². The maximum absolute atomic E-state index is 5.45. The highest BCUT2D eigenvalue weighted by Gasteiger charge is 2.24. The van der Waals surface area contributed by atoms with Crippen LogP contribution in [-0.4, -0.2) is 27.9 Å². The Morgan fingerprint density at radius 3 is 2.45 bits per heavy atom. The molecule has 0 spiro atoms. The lowest BCUT2D eigenvalue weighted by Crippen LogP contribution is -2.30. The number of methoxy groups -OCH3 is 3. The van der Waals surface area contributed by atoms with E-state index in [9.17, 15) is 0 Å². The summed E-state index contributed by atoms with van der Waals surface area (Å²) in [6.45, 7) is 0.935. The second-order valence-electron chi connectivity index (χ2n) is 5.32. The standard InChI is InChI=1S/C18H21NO3/c1-20-14-6-4-5-13(9-14)18-15-11-17(22-3)16(21-2)10-12(15)7-8-19-18/h4-6,9-11,18-19H,7-8H2,1-3H3/t18-/m1/s1. The highest BCUT2D eigenvalue weighted by molar-refractivity contribution is 5.52. The fourth-order valence-electron chi connectivity index (χ4n) is 3.00. The zero-order chi connectivity index (χ0) is 15.5. The van der Waals surface area contributed by atoms with E-state index in [1.165, 1.54) is 16.7 Å². The van der Waals surface area contributed by atoms with Gasteiger partial charge < -0.3 is 19.5 Å². The van der Waals surface area contributed by atoms with Crippen molar-refractivity contribution < 1.29 is 14.2 Å². The average Bonchev–Trinajstić information content (AvgIpc) is 2.59. The molecule has 1 N–H and O–H groups in total. The van der Waals surface area contributed by atoms with E-state index in [1.54, 1.807) is 21.3 Å². The van der Waals surface area contributed by atoms with Gasteiger partial charge in [0.2, 0.25) is 0 Å². The zero-order valence-electron chi connectivity index (χ0n) is 13.2. The zero-order valence-corrected chi connectivity index (χ0v) is 13.2. The van der Waals surface area contributed by atoms with E-state index in [2.05, 4.69) is 29.6 Å². The normalized spacial score (nSPS) is 16.8. The number of nitrogens with one attached hydrogen (secondary N) is 1. The second kappa shape index (κ2) is 6.28. The van der Waals surface area contributed by atoms with Crippen molar-refractivity contribution in [3.8, 4) is 17.2 Å².